The summed E-state index contributed by atoms with van der Waals surface area (Å²) in [7, 11) is -8.09. The van der Waals surface area contributed by atoms with Crippen LogP contribution in [-0.2, 0) is 41.3 Å². The fourth-order valence-corrected chi connectivity index (χ4v) is 10.9. The fourth-order valence-electron chi connectivity index (χ4n) is 6.96. The van der Waals surface area contributed by atoms with Gasteiger partial charge in [-0.2, -0.15) is 26.3 Å². The number of fused-ring (bicyclic) bond motifs is 3. The SMILES string of the molecule is O=C(N[C@@H]1CC[C@@]2(S(=O)(=O)c3ccc(F)cc3)c3ccc(C(F)(C(F)(F)F)C(F)(F)F)cc3CC[C@@H]12)C1(O)CCS(=O)(=O)CC1. The van der Waals surface area contributed by atoms with Gasteiger partial charge in [0.25, 0.3) is 5.91 Å². The van der Waals surface area contributed by atoms with E-state index in [0.29, 0.717) is 6.07 Å². The highest BCUT2D eigenvalue weighted by Gasteiger charge is 2.74. The summed E-state index contributed by atoms with van der Waals surface area (Å²) in [6.07, 6.45) is -14.4. The van der Waals surface area contributed by atoms with Crippen molar-refractivity contribution >= 4 is 25.6 Å². The van der Waals surface area contributed by atoms with Gasteiger partial charge < -0.3 is 10.4 Å². The number of rotatable bonds is 5. The van der Waals surface area contributed by atoms with Crippen molar-refractivity contribution < 1.29 is 61.9 Å². The second-order valence-electron chi connectivity index (χ2n) is 11.8. The fraction of sp³-hybridized carbons (Fsp3) is 0.536. The van der Waals surface area contributed by atoms with Crippen molar-refractivity contribution in [2.24, 2.45) is 5.92 Å². The molecule has 5 rings (SSSR count). The third-order valence-corrected chi connectivity index (χ3v) is 13.6. The Morgan fingerprint density at radius 2 is 1.47 bits per heavy atom. The Kier molecular flexibility index (Phi) is 7.92. The number of aryl methyl sites for hydroxylation is 1. The molecular weight excluding hydrogens is 662 g/mol. The zero-order chi connectivity index (χ0) is 33.4. The van der Waals surface area contributed by atoms with Crippen molar-refractivity contribution in [2.45, 2.75) is 77.8 Å². The Balaban J connectivity index is 1.61. The van der Waals surface area contributed by atoms with Gasteiger partial charge in [0.05, 0.1) is 16.4 Å². The molecule has 17 heteroatoms. The smallest absolute Gasteiger partial charge is 0.380 e. The third kappa shape index (κ3) is 5.22. The highest BCUT2D eigenvalue weighted by atomic mass is 32.2. The number of halogens is 8. The van der Waals surface area contributed by atoms with Crippen molar-refractivity contribution in [1.29, 1.82) is 0 Å². The average Bonchev–Trinajstić information content (AvgIpc) is 3.33. The zero-order valence-corrected chi connectivity index (χ0v) is 24.8. The first-order chi connectivity index (χ1) is 20.6. The Labute approximate surface area is 252 Å². The van der Waals surface area contributed by atoms with Gasteiger partial charge in [0.15, 0.2) is 19.7 Å². The summed E-state index contributed by atoms with van der Waals surface area (Å²) in [6.45, 7) is 0. The molecule has 2 aromatic carbocycles. The van der Waals surface area contributed by atoms with E-state index in [2.05, 4.69) is 5.32 Å². The lowest BCUT2D eigenvalue weighted by molar-refractivity contribution is -0.348. The van der Waals surface area contributed by atoms with Crippen molar-refractivity contribution in [3.63, 3.8) is 0 Å². The molecule has 7 nitrogen and oxygen atoms in total. The lowest BCUT2D eigenvalue weighted by atomic mass is 9.73. The van der Waals surface area contributed by atoms with Crippen molar-refractivity contribution in [3.05, 3.63) is 65.0 Å². The van der Waals surface area contributed by atoms with Gasteiger partial charge in [-0.15, -0.1) is 0 Å². The zero-order valence-electron chi connectivity index (χ0n) is 23.2. The number of nitrogens with one attached hydrogen (secondary N) is 1. The molecule has 0 radical (unpaired) electrons. The van der Waals surface area contributed by atoms with Gasteiger partial charge in [0, 0.05) is 17.5 Å². The molecule has 0 bridgehead atoms. The van der Waals surface area contributed by atoms with Crippen LogP contribution in [0.15, 0.2) is 47.4 Å². The molecule has 2 N–H and O–H groups in total. The average molecular weight is 690 g/mol. The molecular formula is C28H27F8NO6S2. The molecule has 1 aliphatic heterocycles. The van der Waals surface area contributed by atoms with Crippen molar-refractivity contribution in [2.75, 3.05) is 11.5 Å². The van der Waals surface area contributed by atoms with Crippen LogP contribution < -0.4 is 5.32 Å². The molecule has 3 atom stereocenters. The summed E-state index contributed by atoms with van der Waals surface area (Å²) in [5, 5.41) is 13.5. The lowest BCUT2D eigenvalue weighted by Gasteiger charge is -2.43. The summed E-state index contributed by atoms with van der Waals surface area (Å²) in [5.41, 5.74) is -10.0. The van der Waals surface area contributed by atoms with Gasteiger partial charge in [0.2, 0.25) is 0 Å². The van der Waals surface area contributed by atoms with Crippen LogP contribution in [0.4, 0.5) is 35.1 Å². The number of sulfone groups is 2. The van der Waals surface area contributed by atoms with Crippen molar-refractivity contribution in [1.82, 2.24) is 5.32 Å². The third-order valence-electron chi connectivity index (χ3n) is 9.37. The molecule has 2 fully saturated rings. The highest BCUT2D eigenvalue weighted by molar-refractivity contribution is 7.92. The molecule has 248 valence electrons. The van der Waals surface area contributed by atoms with E-state index in [0.717, 1.165) is 30.3 Å². The minimum atomic E-state index is -6.39. The minimum absolute atomic E-state index is 0.0649. The molecule has 0 unspecified atom stereocenters. The van der Waals surface area contributed by atoms with Crippen LogP contribution >= 0.6 is 0 Å². The maximum atomic E-state index is 15.0. The molecule has 2 aliphatic carbocycles. The number of hydrogen-bond acceptors (Lipinski definition) is 6. The molecule has 1 amide bonds. The van der Waals surface area contributed by atoms with Gasteiger partial charge in [-0.3, -0.25) is 4.79 Å². The second kappa shape index (κ2) is 10.6. The van der Waals surface area contributed by atoms with E-state index >= 15 is 0 Å². The molecule has 1 saturated carbocycles. The van der Waals surface area contributed by atoms with E-state index in [1.807, 2.05) is 0 Å². The molecule has 0 aromatic heterocycles. The number of carbonyl (C=O) groups excluding carboxylic acids is 1. The van der Waals surface area contributed by atoms with Gasteiger partial charge in [-0.25, -0.2) is 25.6 Å². The van der Waals surface area contributed by atoms with Crippen LogP contribution in [0.2, 0.25) is 0 Å². The first-order valence-corrected chi connectivity index (χ1v) is 17.1. The maximum absolute atomic E-state index is 15.0. The Hall–Kier alpha value is -2.79. The van der Waals surface area contributed by atoms with E-state index in [1.54, 1.807) is 0 Å². The summed E-state index contributed by atoms with van der Waals surface area (Å²) >= 11 is 0. The van der Waals surface area contributed by atoms with Crippen LogP contribution in [0, 0.1) is 11.7 Å². The summed E-state index contributed by atoms with van der Waals surface area (Å²) in [4.78, 5) is 12.8. The van der Waals surface area contributed by atoms with Gasteiger partial charge in [0.1, 0.15) is 16.2 Å². The van der Waals surface area contributed by atoms with E-state index in [4.69, 9.17) is 0 Å². The van der Waals surface area contributed by atoms with Crippen LogP contribution in [0.5, 0.6) is 0 Å². The molecule has 1 heterocycles. The van der Waals surface area contributed by atoms with E-state index in [1.165, 1.54) is 0 Å². The van der Waals surface area contributed by atoms with Crippen LogP contribution in [0.25, 0.3) is 0 Å². The Bertz CT molecular complexity index is 1700. The van der Waals surface area contributed by atoms with Gasteiger partial charge in [-0.1, -0.05) is 18.2 Å². The van der Waals surface area contributed by atoms with E-state index in [-0.39, 0.29) is 42.9 Å². The Morgan fingerprint density at radius 1 is 0.889 bits per heavy atom. The van der Waals surface area contributed by atoms with Crippen LogP contribution in [0.3, 0.4) is 0 Å². The maximum Gasteiger partial charge on any atom is 0.435 e. The van der Waals surface area contributed by atoms with Gasteiger partial charge >= 0.3 is 18.0 Å². The standard InChI is InChI=1S/C28H27F8NO6S2/c29-18-3-5-19(6-4-18)45(42,43)25-10-9-22(37-23(38)24(39)11-13-44(40,41)14-12-24)21(25)7-1-16-15-17(2-8-20(16)25)26(30,27(31,32)33)28(34,35)36/h2-6,8,15,21-22,39H,1,7,9-14H2,(H,37,38)/t21-,22+,25+/m0/s1. The van der Waals surface area contributed by atoms with E-state index < -0.39 is 107 Å². The first-order valence-electron chi connectivity index (χ1n) is 13.8. The van der Waals surface area contributed by atoms with Gasteiger partial charge in [-0.05, 0) is 73.9 Å². The molecule has 1 saturated heterocycles. The highest BCUT2D eigenvalue weighted by Crippen LogP contribution is 2.59. The lowest BCUT2D eigenvalue weighted by Crippen LogP contribution is -2.56. The van der Waals surface area contributed by atoms with Crippen LogP contribution in [-0.4, -0.2) is 63.4 Å². The number of alkyl halides is 7. The minimum Gasteiger partial charge on any atom is -0.380 e. The molecule has 3 aliphatic rings. The monoisotopic (exact) mass is 689 g/mol. The number of hydrogen-bond donors (Lipinski definition) is 2. The van der Waals surface area contributed by atoms with Crippen molar-refractivity contribution in [3.8, 4) is 0 Å². The molecule has 0 spiro atoms. The quantitative estimate of drug-likeness (QED) is 0.351. The topological polar surface area (TPSA) is 118 Å². The predicted octanol–water partition coefficient (Wildman–Crippen LogP) is 4.57. The summed E-state index contributed by atoms with van der Waals surface area (Å²) in [5.74, 6) is -3.69. The predicted molar refractivity (Wildman–Crippen MR) is 142 cm³/mol. The number of amides is 1. The van der Waals surface area contributed by atoms with E-state index in [9.17, 15) is 61.9 Å². The van der Waals surface area contributed by atoms with Crippen LogP contribution in [0.1, 0.15) is 48.8 Å². The summed E-state index contributed by atoms with van der Waals surface area (Å²) in [6, 6.07) is 3.99. The number of carbonyl (C=O) groups is 1. The molecule has 45 heavy (non-hydrogen) atoms. The number of aliphatic hydroxyl groups is 1. The summed E-state index contributed by atoms with van der Waals surface area (Å²) < 4.78 is 160. The molecule has 2 aromatic rings. The normalized spacial score (nSPS) is 26.5. The number of benzene rings is 2. The first kappa shape index (κ1) is 33.6. The second-order valence-corrected chi connectivity index (χ2v) is 16.3. The Morgan fingerprint density at radius 3 is 2.02 bits per heavy atom. The largest absolute Gasteiger partial charge is 0.435 e.